The predicted molar refractivity (Wildman–Crippen MR) is 111 cm³/mol. The molecule has 3 rings (SSSR count). The number of carbonyl (C=O) groups is 1. The first-order valence-corrected chi connectivity index (χ1v) is 11.1. The topological polar surface area (TPSA) is 135 Å². The lowest BCUT2D eigenvalue weighted by Crippen LogP contribution is -2.40. The third-order valence-electron chi connectivity index (χ3n) is 4.60. The van der Waals surface area contributed by atoms with Crippen molar-refractivity contribution in [2.75, 3.05) is 46.6 Å². The number of hydrogen-bond donors (Lipinski definition) is 0. The van der Waals surface area contributed by atoms with Gasteiger partial charge in [0.1, 0.15) is 19.0 Å². The van der Waals surface area contributed by atoms with Crippen LogP contribution in [0.4, 0.5) is 5.69 Å². The minimum absolute atomic E-state index is 0.0373. The summed E-state index contributed by atoms with van der Waals surface area (Å²) in [6, 6.07) is 9.85. The van der Waals surface area contributed by atoms with E-state index in [2.05, 4.69) is 4.74 Å². The maximum absolute atomic E-state index is 12.7. The lowest BCUT2D eigenvalue weighted by Gasteiger charge is -2.26. The van der Waals surface area contributed by atoms with Gasteiger partial charge in [-0.1, -0.05) is 6.07 Å². The third-order valence-corrected chi connectivity index (χ3v) is 6.49. The number of rotatable bonds is 9. The number of benzene rings is 2. The Bertz CT molecular complexity index is 1080. The van der Waals surface area contributed by atoms with Crippen molar-refractivity contribution in [1.82, 2.24) is 4.31 Å². The summed E-state index contributed by atoms with van der Waals surface area (Å²) in [4.78, 5) is 22.2. The van der Waals surface area contributed by atoms with Gasteiger partial charge in [-0.05, 0) is 30.3 Å². The van der Waals surface area contributed by atoms with E-state index in [-0.39, 0.29) is 50.2 Å². The van der Waals surface area contributed by atoms with Crippen LogP contribution in [0.15, 0.2) is 47.4 Å². The summed E-state index contributed by atoms with van der Waals surface area (Å²) in [5.41, 5.74) is -0.148. The van der Waals surface area contributed by atoms with E-state index >= 15 is 0 Å². The Hall–Kier alpha value is -3.22. The first-order chi connectivity index (χ1) is 15.3. The van der Waals surface area contributed by atoms with Crippen molar-refractivity contribution in [2.24, 2.45) is 0 Å². The molecule has 0 bridgehead atoms. The van der Waals surface area contributed by atoms with Gasteiger partial charge in [-0.2, -0.15) is 4.31 Å². The number of hydrogen-bond acceptors (Lipinski definition) is 9. The molecule has 0 aromatic heterocycles. The van der Waals surface area contributed by atoms with E-state index in [1.165, 1.54) is 29.6 Å². The largest absolute Gasteiger partial charge is 0.490 e. The number of carbonyl (C=O) groups excluding carboxylic acids is 1. The number of methoxy groups -OCH3 is 1. The van der Waals surface area contributed by atoms with Crippen LogP contribution in [0, 0.1) is 10.1 Å². The second-order valence-corrected chi connectivity index (χ2v) is 8.56. The molecule has 0 radical (unpaired) electrons. The minimum Gasteiger partial charge on any atom is -0.490 e. The fraction of sp³-hybridized carbons (Fsp3) is 0.350. The lowest BCUT2D eigenvalue weighted by atomic mass is 10.2. The van der Waals surface area contributed by atoms with E-state index in [4.69, 9.17) is 14.2 Å². The molecule has 12 heteroatoms. The van der Waals surface area contributed by atoms with E-state index in [0.717, 1.165) is 6.07 Å². The number of nitrogens with zero attached hydrogens (tertiary/aromatic N) is 2. The van der Waals surface area contributed by atoms with Gasteiger partial charge in [0, 0.05) is 19.2 Å². The molecule has 0 atom stereocenters. The second kappa shape index (κ2) is 10.4. The Labute approximate surface area is 184 Å². The van der Waals surface area contributed by atoms with Gasteiger partial charge in [-0.15, -0.1) is 0 Å². The summed E-state index contributed by atoms with van der Waals surface area (Å²) in [5, 5.41) is 11.5. The van der Waals surface area contributed by atoms with Crippen molar-refractivity contribution >= 4 is 21.7 Å². The molecule has 11 nitrogen and oxygen atoms in total. The number of sulfonamides is 1. The lowest BCUT2D eigenvalue weighted by molar-refractivity contribution is -0.386. The van der Waals surface area contributed by atoms with Gasteiger partial charge in [0.25, 0.3) is 0 Å². The zero-order valence-electron chi connectivity index (χ0n) is 17.3. The summed E-state index contributed by atoms with van der Waals surface area (Å²) < 4.78 is 47.5. The number of ether oxygens (including phenoxy) is 4. The SMILES string of the molecule is COC(=O)c1cccc(OCCOc2ccc(S(=O)(=O)N3CCOCC3)cc2[N+](=O)[O-])c1. The molecule has 1 saturated heterocycles. The molecule has 0 N–H and O–H groups in total. The van der Waals surface area contributed by atoms with Crippen LogP contribution in [0.25, 0.3) is 0 Å². The zero-order chi connectivity index (χ0) is 23.1. The maximum atomic E-state index is 12.7. The zero-order valence-corrected chi connectivity index (χ0v) is 18.1. The van der Waals surface area contributed by atoms with E-state index < -0.39 is 26.6 Å². The molecule has 32 heavy (non-hydrogen) atoms. The van der Waals surface area contributed by atoms with Crippen molar-refractivity contribution in [3.8, 4) is 11.5 Å². The normalized spacial score (nSPS) is 14.5. The van der Waals surface area contributed by atoms with Crippen molar-refractivity contribution in [3.05, 3.63) is 58.1 Å². The fourth-order valence-electron chi connectivity index (χ4n) is 3.00. The molecule has 1 aliphatic heterocycles. The number of nitro groups is 1. The molecule has 1 aliphatic rings. The molecule has 2 aromatic carbocycles. The smallest absolute Gasteiger partial charge is 0.337 e. The van der Waals surface area contributed by atoms with Gasteiger partial charge >= 0.3 is 11.7 Å². The van der Waals surface area contributed by atoms with Crippen molar-refractivity contribution in [3.63, 3.8) is 0 Å². The van der Waals surface area contributed by atoms with Crippen LogP contribution in [-0.2, 0) is 19.5 Å². The molecule has 2 aromatic rings. The van der Waals surface area contributed by atoms with Crippen LogP contribution in [0.3, 0.4) is 0 Å². The number of morpholine rings is 1. The van der Waals surface area contributed by atoms with E-state index in [9.17, 15) is 23.3 Å². The third kappa shape index (κ3) is 5.52. The van der Waals surface area contributed by atoms with Crippen molar-refractivity contribution in [2.45, 2.75) is 4.90 Å². The van der Waals surface area contributed by atoms with E-state index in [1.54, 1.807) is 18.2 Å². The summed E-state index contributed by atoms with van der Waals surface area (Å²) in [5.74, 6) is -0.185. The average Bonchev–Trinajstić information content (AvgIpc) is 2.82. The summed E-state index contributed by atoms with van der Waals surface area (Å²) in [6.45, 7) is 0.899. The van der Waals surface area contributed by atoms with Crippen LogP contribution in [0.1, 0.15) is 10.4 Å². The standard InChI is InChI=1S/C20H22N2O9S/c1-28-20(23)15-3-2-4-16(13-15)30-11-12-31-19-6-5-17(14-18(19)22(24)25)32(26,27)21-7-9-29-10-8-21/h2-6,13-14H,7-12H2,1H3. The van der Waals surface area contributed by atoms with Gasteiger partial charge < -0.3 is 18.9 Å². The van der Waals surface area contributed by atoms with Crippen LogP contribution in [0.5, 0.6) is 11.5 Å². The summed E-state index contributed by atoms with van der Waals surface area (Å²) in [7, 11) is -2.61. The Kier molecular flexibility index (Phi) is 7.62. The Morgan fingerprint density at radius 1 is 1.12 bits per heavy atom. The maximum Gasteiger partial charge on any atom is 0.337 e. The molecule has 0 spiro atoms. The Balaban J connectivity index is 1.65. The molecule has 0 amide bonds. The van der Waals surface area contributed by atoms with Crippen LogP contribution in [0.2, 0.25) is 0 Å². The molecular weight excluding hydrogens is 444 g/mol. The first kappa shape index (κ1) is 23.4. The van der Waals surface area contributed by atoms with Crippen LogP contribution >= 0.6 is 0 Å². The highest BCUT2D eigenvalue weighted by Gasteiger charge is 2.29. The Morgan fingerprint density at radius 3 is 2.53 bits per heavy atom. The molecule has 172 valence electrons. The van der Waals surface area contributed by atoms with Gasteiger partial charge in [0.15, 0.2) is 5.75 Å². The highest BCUT2D eigenvalue weighted by atomic mass is 32.2. The van der Waals surface area contributed by atoms with Crippen LogP contribution in [-0.4, -0.2) is 70.2 Å². The van der Waals surface area contributed by atoms with E-state index in [1.807, 2.05) is 0 Å². The fourth-order valence-corrected chi connectivity index (χ4v) is 4.43. The van der Waals surface area contributed by atoms with E-state index in [0.29, 0.717) is 11.3 Å². The molecule has 0 saturated carbocycles. The molecule has 0 unspecified atom stereocenters. The number of esters is 1. The van der Waals surface area contributed by atoms with Gasteiger partial charge in [0.05, 0.1) is 35.7 Å². The Morgan fingerprint density at radius 2 is 1.84 bits per heavy atom. The van der Waals surface area contributed by atoms with Crippen molar-refractivity contribution in [1.29, 1.82) is 0 Å². The van der Waals surface area contributed by atoms with Crippen LogP contribution < -0.4 is 9.47 Å². The van der Waals surface area contributed by atoms with Gasteiger partial charge in [-0.3, -0.25) is 10.1 Å². The highest BCUT2D eigenvalue weighted by molar-refractivity contribution is 7.89. The van der Waals surface area contributed by atoms with Gasteiger partial charge in [0.2, 0.25) is 10.0 Å². The van der Waals surface area contributed by atoms with Crippen molar-refractivity contribution < 1.29 is 37.1 Å². The summed E-state index contributed by atoms with van der Waals surface area (Å²) in [6.07, 6.45) is 0. The monoisotopic (exact) mass is 466 g/mol. The predicted octanol–water partition coefficient (Wildman–Crippen LogP) is 1.86. The average molecular weight is 466 g/mol. The molecule has 1 fully saturated rings. The number of nitro benzene ring substituents is 1. The molecular formula is C20H22N2O9S. The molecule has 1 heterocycles. The molecule has 0 aliphatic carbocycles. The second-order valence-electron chi connectivity index (χ2n) is 6.62. The van der Waals surface area contributed by atoms with Gasteiger partial charge in [-0.25, -0.2) is 13.2 Å². The quantitative estimate of drug-likeness (QED) is 0.235. The summed E-state index contributed by atoms with van der Waals surface area (Å²) >= 11 is 0. The first-order valence-electron chi connectivity index (χ1n) is 9.63. The highest BCUT2D eigenvalue weighted by Crippen LogP contribution is 2.31. The minimum atomic E-state index is -3.88.